The molecule has 0 saturated heterocycles. The Kier molecular flexibility index (Phi) is 7.20. The van der Waals surface area contributed by atoms with Gasteiger partial charge in [0.15, 0.2) is 5.49 Å². The van der Waals surface area contributed by atoms with Gasteiger partial charge in [-0.05, 0) is 54.8 Å². The molecule has 0 aliphatic heterocycles. The maximum atomic E-state index is 13.3. The summed E-state index contributed by atoms with van der Waals surface area (Å²) in [7, 11) is 1.59. The largest absolute Gasteiger partial charge is 0.385 e. The Hall–Kier alpha value is -4.06. The van der Waals surface area contributed by atoms with Crippen molar-refractivity contribution in [3.05, 3.63) is 92.3 Å². The van der Waals surface area contributed by atoms with Crippen LogP contribution < -0.4 is 11.0 Å². The van der Waals surface area contributed by atoms with Crippen LogP contribution in [0, 0.1) is 18.3 Å². The lowest BCUT2D eigenvalue weighted by atomic mass is 10.2. The van der Waals surface area contributed by atoms with Gasteiger partial charge in [-0.3, -0.25) is 14.0 Å². The summed E-state index contributed by atoms with van der Waals surface area (Å²) in [6, 6.07) is 14.2. The van der Waals surface area contributed by atoms with Gasteiger partial charge in [-0.25, -0.2) is 4.98 Å². The van der Waals surface area contributed by atoms with Crippen LogP contribution in [0.4, 0.5) is 0 Å². The number of benzene rings is 1. The van der Waals surface area contributed by atoms with E-state index in [1.165, 1.54) is 16.5 Å². The third kappa shape index (κ3) is 5.06. The van der Waals surface area contributed by atoms with E-state index in [0.717, 1.165) is 11.1 Å². The second-order valence-electron chi connectivity index (χ2n) is 7.87. The first kappa shape index (κ1) is 24.1. The minimum Gasteiger partial charge on any atom is -0.385 e. The predicted octanol–water partition coefficient (Wildman–Crippen LogP) is 3.66. The van der Waals surface area contributed by atoms with Crippen molar-refractivity contribution in [3.63, 3.8) is 0 Å². The molecule has 0 atom stereocenters. The van der Waals surface area contributed by atoms with Gasteiger partial charge in [-0.15, -0.1) is 0 Å². The van der Waals surface area contributed by atoms with Crippen LogP contribution in [-0.2, 0) is 16.1 Å². The van der Waals surface area contributed by atoms with Crippen LogP contribution >= 0.6 is 11.6 Å². The first-order chi connectivity index (χ1) is 16.9. The summed E-state index contributed by atoms with van der Waals surface area (Å²) in [6.45, 7) is 2.66. The number of methoxy groups -OCH3 is 1. The molecule has 4 rings (SSSR count). The van der Waals surface area contributed by atoms with Crippen LogP contribution in [0.3, 0.4) is 0 Å². The van der Waals surface area contributed by atoms with E-state index in [2.05, 4.69) is 11.1 Å². The van der Waals surface area contributed by atoms with E-state index in [4.69, 9.17) is 21.3 Å². The lowest BCUT2D eigenvalue weighted by Crippen LogP contribution is -2.30. The summed E-state index contributed by atoms with van der Waals surface area (Å²) in [4.78, 5) is 35.0. The van der Waals surface area contributed by atoms with E-state index in [1.54, 1.807) is 54.3 Å². The van der Waals surface area contributed by atoms with Crippen molar-refractivity contribution in [3.8, 4) is 6.07 Å². The summed E-state index contributed by atoms with van der Waals surface area (Å²) in [6.07, 6.45) is 5.14. The van der Waals surface area contributed by atoms with E-state index < -0.39 is 5.91 Å². The molecule has 0 spiro atoms. The average Bonchev–Trinajstić information content (AvgIpc) is 2.85. The van der Waals surface area contributed by atoms with Crippen LogP contribution in [0.25, 0.3) is 22.8 Å². The number of nitriles is 1. The molecular weight excluding hydrogens is 466 g/mol. The average molecular weight is 488 g/mol. The van der Waals surface area contributed by atoms with Crippen molar-refractivity contribution in [2.24, 2.45) is 4.99 Å². The Bertz CT molecular complexity index is 1630. The Morgan fingerprint density at radius 3 is 2.74 bits per heavy atom. The molecular formula is C26H22ClN5O3. The molecule has 0 bridgehead atoms. The Morgan fingerprint density at radius 1 is 1.26 bits per heavy atom. The molecule has 0 saturated carbocycles. The molecule has 0 aliphatic carbocycles. The molecule has 4 aromatic rings. The zero-order valence-electron chi connectivity index (χ0n) is 19.2. The number of halogens is 1. The molecule has 0 aliphatic rings. The van der Waals surface area contributed by atoms with Crippen LogP contribution in [0.1, 0.15) is 23.1 Å². The number of hydrogen-bond donors (Lipinski definition) is 0. The highest BCUT2D eigenvalue weighted by molar-refractivity contribution is 6.30. The summed E-state index contributed by atoms with van der Waals surface area (Å²) in [5.74, 6) is -0.551. The van der Waals surface area contributed by atoms with Gasteiger partial charge in [0, 0.05) is 37.6 Å². The molecule has 0 fully saturated rings. The molecule has 1 amide bonds. The SMILES string of the molecule is COCCCn1c(=NC(=O)C=Cc2ccc(Cl)cc2)c(C#N)cc2c(=O)n3cccc(C)c3nc21. The molecule has 9 heteroatoms. The number of aryl methyl sites for hydroxylation is 2. The summed E-state index contributed by atoms with van der Waals surface area (Å²) in [5, 5.41) is 10.7. The molecule has 8 nitrogen and oxygen atoms in total. The van der Waals surface area contributed by atoms with Gasteiger partial charge in [0.2, 0.25) is 0 Å². The lowest BCUT2D eigenvalue weighted by molar-refractivity contribution is -0.113. The first-order valence-corrected chi connectivity index (χ1v) is 11.3. The number of rotatable bonds is 6. The van der Waals surface area contributed by atoms with Crippen LogP contribution in [0.2, 0.25) is 5.02 Å². The Morgan fingerprint density at radius 2 is 2.03 bits per heavy atom. The van der Waals surface area contributed by atoms with Crippen molar-refractivity contribution in [1.82, 2.24) is 14.0 Å². The molecule has 35 heavy (non-hydrogen) atoms. The summed E-state index contributed by atoms with van der Waals surface area (Å²) >= 11 is 5.91. The number of hydrogen-bond acceptors (Lipinski definition) is 5. The Labute approximate surface area is 206 Å². The van der Waals surface area contributed by atoms with E-state index in [-0.39, 0.29) is 22.0 Å². The number of fused-ring (bicyclic) bond motifs is 2. The number of amides is 1. The molecule has 0 unspecified atom stereocenters. The standard InChI is InChI=1S/C26H22ClN5O3/c1-17-5-3-12-32-23(17)30-25-21(26(32)34)15-19(16-28)24(31(25)13-4-14-35-2)29-22(33)11-8-18-6-9-20(27)10-7-18/h3,5-12,15H,4,13-14H2,1-2H3. The highest BCUT2D eigenvalue weighted by Crippen LogP contribution is 2.14. The summed E-state index contributed by atoms with van der Waals surface area (Å²) in [5.41, 5.74) is 2.40. The van der Waals surface area contributed by atoms with Crippen molar-refractivity contribution < 1.29 is 9.53 Å². The van der Waals surface area contributed by atoms with E-state index in [1.807, 2.05) is 13.0 Å². The minimum atomic E-state index is -0.551. The molecule has 3 heterocycles. The quantitative estimate of drug-likeness (QED) is 0.234. The third-order valence-corrected chi connectivity index (χ3v) is 5.71. The van der Waals surface area contributed by atoms with Gasteiger partial charge in [0.25, 0.3) is 11.5 Å². The van der Waals surface area contributed by atoms with E-state index in [0.29, 0.717) is 35.9 Å². The van der Waals surface area contributed by atoms with Crippen LogP contribution in [0.15, 0.2) is 64.5 Å². The number of ether oxygens (including phenoxy) is 1. The number of nitrogens with zero attached hydrogens (tertiary/aromatic N) is 5. The minimum absolute atomic E-state index is 0.106. The molecule has 0 N–H and O–H groups in total. The lowest BCUT2D eigenvalue weighted by Gasteiger charge is -2.14. The van der Waals surface area contributed by atoms with Gasteiger partial charge in [0.1, 0.15) is 17.4 Å². The van der Waals surface area contributed by atoms with Gasteiger partial charge in [-0.1, -0.05) is 29.8 Å². The molecule has 176 valence electrons. The van der Waals surface area contributed by atoms with E-state index in [9.17, 15) is 14.9 Å². The number of pyridine rings is 2. The molecule has 1 aromatic carbocycles. The second kappa shape index (κ2) is 10.5. The fraction of sp³-hybridized carbons (Fsp3) is 0.192. The fourth-order valence-electron chi connectivity index (χ4n) is 3.75. The van der Waals surface area contributed by atoms with Gasteiger partial charge in [-0.2, -0.15) is 10.3 Å². The van der Waals surface area contributed by atoms with E-state index >= 15 is 0 Å². The van der Waals surface area contributed by atoms with Gasteiger partial charge >= 0.3 is 0 Å². The highest BCUT2D eigenvalue weighted by Gasteiger charge is 2.15. The zero-order valence-corrected chi connectivity index (χ0v) is 20.0. The number of aromatic nitrogens is 3. The third-order valence-electron chi connectivity index (χ3n) is 5.46. The second-order valence-corrected chi connectivity index (χ2v) is 8.30. The van der Waals surface area contributed by atoms with Crippen molar-refractivity contribution in [2.45, 2.75) is 19.9 Å². The molecule has 0 radical (unpaired) electrons. The monoisotopic (exact) mass is 487 g/mol. The Balaban J connectivity index is 1.94. The van der Waals surface area contributed by atoms with Crippen LogP contribution in [0.5, 0.6) is 0 Å². The van der Waals surface area contributed by atoms with Crippen LogP contribution in [-0.4, -0.2) is 33.6 Å². The van der Waals surface area contributed by atoms with Crippen molar-refractivity contribution in [2.75, 3.05) is 13.7 Å². The van der Waals surface area contributed by atoms with Crippen molar-refractivity contribution in [1.29, 1.82) is 5.26 Å². The van der Waals surface area contributed by atoms with Gasteiger partial charge in [0.05, 0.1) is 10.9 Å². The van der Waals surface area contributed by atoms with Gasteiger partial charge < -0.3 is 9.30 Å². The number of carbonyl (C=O) groups is 1. The topological polar surface area (TPSA) is 102 Å². The summed E-state index contributed by atoms with van der Waals surface area (Å²) < 4.78 is 8.28. The normalized spacial score (nSPS) is 12.0. The highest BCUT2D eigenvalue weighted by atomic mass is 35.5. The maximum absolute atomic E-state index is 13.3. The van der Waals surface area contributed by atoms with Crippen molar-refractivity contribution >= 4 is 40.3 Å². The first-order valence-electron chi connectivity index (χ1n) is 10.9. The smallest absolute Gasteiger partial charge is 0.271 e. The fourth-order valence-corrected chi connectivity index (χ4v) is 3.88. The maximum Gasteiger partial charge on any atom is 0.271 e. The molecule has 3 aromatic heterocycles. The number of carbonyl (C=O) groups excluding carboxylic acids is 1. The zero-order chi connectivity index (χ0) is 24.9. The predicted molar refractivity (Wildman–Crippen MR) is 134 cm³/mol.